The van der Waals surface area contributed by atoms with Gasteiger partial charge in [-0.2, -0.15) is 0 Å². The largest absolute Gasteiger partial charge is 0.495 e. The van der Waals surface area contributed by atoms with Gasteiger partial charge in [0.25, 0.3) is 11.8 Å². The fourth-order valence-corrected chi connectivity index (χ4v) is 2.90. The number of hydrogen-bond donors (Lipinski definition) is 2. The van der Waals surface area contributed by atoms with E-state index >= 15 is 0 Å². The van der Waals surface area contributed by atoms with Gasteiger partial charge in [0, 0.05) is 10.6 Å². The lowest BCUT2D eigenvalue weighted by Crippen LogP contribution is -2.22. The number of para-hydroxylation sites is 1. The zero-order valence-electron chi connectivity index (χ0n) is 16.6. The Kier molecular flexibility index (Phi) is 7.24. The molecule has 31 heavy (non-hydrogen) atoms. The number of carbonyl (C=O) groups is 3. The molecule has 7 nitrogen and oxygen atoms in total. The number of nitrogens with one attached hydrogen (secondary N) is 2. The molecule has 3 aromatic carbocycles. The van der Waals surface area contributed by atoms with Crippen molar-refractivity contribution in [1.29, 1.82) is 0 Å². The van der Waals surface area contributed by atoms with Crippen molar-refractivity contribution in [3.8, 4) is 5.75 Å². The third kappa shape index (κ3) is 5.83. The molecule has 0 bridgehead atoms. The molecule has 0 aromatic heterocycles. The van der Waals surface area contributed by atoms with Crippen molar-refractivity contribution >= 4 is 40.8 Å². The zero-order valence-corrected chi connectivity index (χ0v) is 17.3. The average molecular weight is 439 g/mol. The summed E-state index contributed by atoms with van der Waals surface area (Å²) in [7, 11) is 1.46. The van der Waals surface area contributed by atoms with Crippen LogP contribution in [0.2, 0.25) is 5.02 Å². The van der Waals surface area contributed by atoms with Crippen LogP contribution in [0, 0.1) is 0 Å². The van der Waals surface area contributed by atoms with Crippen LogP contribution in [0.15, 0.2) is 72.8 Å². The highest BCUT2D eigenvalue weighted by Gasteiger charge is 2.17. The van der Waals surface area contributed by atoms with Gasteiger partial charge in [-0.05, 0) is 42.5 Å². The van der Waals surface area contributed by atoms with Gasteiger partial charge in [-0.3, -0.25) is 9.59 Å². The number of rotatable bonds is 7. The van der Waals surface area contributed by atoms with E-state index in [0.29, 0.717) is 22.0 Å². The van der Waals surface area contributed by atoms with E-state index in [-0.39, 0.29) is 17.2 Å². The maximum absolute atomic E-state index is 12.5. The van der Waals surface area contributed by atoms with Gasteiger partial charge in [-0.1, -0.05) is 41.9 Å². The Morgan fingerprint density at radius 1 is 0.871 bits per heavy atom. The molecule has 0 atom stereocenters. The third-order valence-electron chi connectivity index (χ3n) is 4.20. The molecule has 8 heteroatoms. The normalized spacial score (nSPS) is 10.1. The molecule has 0 unspecified atom stereocenters. The van der Waals surface area contributed by atoms with Gasteiger partial charge in [-0.15, -0.1) is 0 Å². The summed E-state index contributed by atoms with van der Waals surface area (Å²) in [6.07, 6.45) is 0. The van der Waals surface area contributed by atoms with Crippen LogP contribution in [0.3, 0.4) is 0 Å². The molecule has 0 heterocycles. The van der Waals surface area contributed by atoms with Gasteiger partial charge < -0.3 is 20.1 Å². The van der Waals surface area contributed by atoms with E-state index in [1.165, 1.54) is 19.2 Å². The van der Waals surface area contributed by atoms with E-state index in [1.54, 1.807) is 60.7 Å². The maximum Gasteiger partial charge on any atom is 0.340 e. The Hall–Kier alpha value is -3.84. The predicted octanol–water partition coefficient (Wildman–Crippen LogP) is 4.40. The zero-order chi connectivity index (χ0) is 22.2. The minimum absolute atomic E-state index is 0.125. The first-order chi connectivity index (χ1) is 15.0. The Morgan fingerprint density at radius 2 is 1.58 bits per heavy atom. The van der Waals surface area contributed by atoms with Crippen LogP contribution in [-0.4, -0.2) is 31.5 Å². The Bertz CT molecular complexity index is 1100. The minimum atomic E-state index is -0.753. The Morgan fingerprint density at radius 3 is 2.32 bits per heavy atom. The first-order valence-electron chi connectivity index (χ1n) is 9.24. The summed E-state index contributed by atoms with van der Waals surface area (Å²) in [6.45, 7) is -0.532. The van der Waals surface area contributed by atoms with Crippen LogP contribution in [0.25, 0.3) is 0 Å². The summed E-state index contributed by atoms with van der Waals surface area (Å²) in [5.74, 6) is -1.28. The summed E-state index contributed by atoms with van der Waals surface area (Å²) in [5, 5.41) is 5.68. The van der Waals surface area contributed by atoms with E-state index in [9.17, 15) is 14.4 Å². The number of benzene rings is 3. The molecule has 0 aliphatic heterocycles. The fourth-order valence-electron chi connectivity index (χ4n) is 2.73. The van der Waals surface area contributed by atoms with Gasteiger partial charge in [0.05, 0.1) is 24.0 Å². The molecular formula is C23H19ClN2O5. The number of ether oxygens (including phenoxy) is 2. The van der Waals surface area contributed by atoms with Crippen LogP contribution in [0.5, 0.6) is 5.75 Å². The SMILES string of the molecule is COc1ccc(Cl)cc1NC(=O)COC(=O)c1ccccc1NC(=O)c1ccccc1. The Labute approximate surface area is 183 Å². The first kappa shape index (κ1) is 21.9. The van der Waals surface area contributed by atoms with Gasteiger partial charge in [0.15, 0.2) is 6.61 Å². The molecular weight excluding hydrogens is 420 g/mol. The lowest BCUT2D eigenvalue weighted by Gasteiger charge is -2.12. The number of amides is 2. The maximum atomic E-state index is 12.5. The van der Waals surface area contributed by atoms with E-state index in [1.807, 2.05) is 0 Å². The van der Waals surface area contributed by atoms with Gasteiger partial charge in [-0.25, -0.2) is 4.79 Å². The second-order valence-corrected chi connectivity index (χ2v) is 6.77. The van der Waals surface area contributed by atoms with Crippen LogP contribution in [-0.2, 0) is 9.53 Å². The standard InChI is InChI=1S/C23H19ClN2O5/c1-30-20-12-11-16(24)13-19(20)25-21(27)14-31-23(29)17-9-5-6-10-18(17)26-22(28)15-7-3-2-4-8-15/h2-13H,14H2,1H3,(H,25,27)(H,26,28). The number of methoxy groups -OCH3 is 1. The molecule has 0 saturated heterocycles. The second-order valence-electron chi connectivity index (χ2n) is 6.33. The molecule has 2 N–H and O–H groups in total. The van der Waals surface area contributed by atoms with Gasteiger partial charge in [0.2, 0.25) is 0 Å². The van der Waals surface area contributed by atoms with E-state index in [4.69, 9.17) is 21.1 Å². The van der Waals surface area contributed by atoms with Crippen molar-refractivity contribution in [2.75, 3.05) is 24.4 Å². The van der Waals surface area contributed by atoms with E-state index < -0.39 is 18.5 Å². The number of halogens is 1. The van der Waals surface area contributed by atoms with Crippen molar-refractivity contribution in [3.63, 3.8) is 0 Å². The third-order valence-corrected chi connectivity index (χ3v) is 4.44. The van der Waals surface area contributed by atoms with Crippen LogP contribution in [0.4, 0.5) is 11.4 Å². The second kappa shape index (κ2) is 10.3. The number of esters is 1. The van der Waals surface area contributed by atoms with Crippen molar-refractivity contribution in [1.82, 2.24) is 0 Å². The molecule has 0 saturated carbocycles. The number of hydrogen-bond acceptors (Lipinski definition) is 5. The highest BCUT2D eigenvalue weighted by Crippen LogP contribution is 2.27. The molecule has 2 amide bonds. The van der Waals surface area contributed by atoms with Crippen molar-refractivity contribution in [2.45, 2.75) is 0 Å². The topological polar surface area (TPSA) is 93.7 Å². The van der Waals surface area contributed by atoms with Gasteiger partial charge in [0.1, 0.15) is 5.75 Å². The molecule has 0 fully saturated rings. The molecule has 3 rings (SSSR count). The smallest absolute Gasteiger partial charge is 0.340 e. The fraction of sp³-hybridized carbons (Fsp3) is 0.0870. The number of anilines is 2. The highest BCUT2D eigenvalue weighted by molar-refractivity contribution is 6.31. The summed E-state index contributed by atoms with van der Waals surface area (Å²) in [6, 6.07) is 19.7. The highest BCUT2D eigenvalue weighted by atomic mass is 35.5. The summed E-state index contributed by atoms with van der Waals surface area (Å²) in [4.78, 5) is 37.1. The molecule has 0 spiro atoms. The predicted molar refractivity (Wildman–Crippen MR) is 118 cm³/mol. The molecule has 3 aromatic rings. The lowest BCUT2D eigenvalue weighted by molar-refractivity contribution is -0.119. The van der Waals surface area contributed by atoms with E-state index in [0.717, 1.165) is 0 Å². The minimum Gasteiger partial charge on any atom is -0.495 e. The quantitative estimate of drug-likeness (QED) is 0.533. The summed E-state index contributed by atoms with van der Waals surface area (Å²) >= 11 is 5.94. The monoisotopic (exact) mass is 438 g/mol. The van der Waals surface area contributed by atoms with Crippen molar-refractivity contribution in [2.24, 2.45) is 0 Å². The molecule has 0 aliphatic rings. The first-order valence-corrected chi connectivity index (χ1v) is 9.61. The van der Waals surface area contributed by atoms with E-state index in [2.05, 4.69) is 10.6 Å². The lowest BCUT2D eigenvalue weighted by atomic mass is 10.1. The van der Waals surface area contributed by atoms with Crippen LogP contribution < -0.4 is 15.4 Å². The summed E-state index contributed by atoms with van der Waals surface area (Å²) < 4.78 is 10.3. The van der Waals surface area contributed by atoms with Crippen molar-refractivity contribution in [3.05, 3.63) is 88.9 Å². The average Bonchev–Trinajstić information content (AvgIpc) is 2.78. The molecule has 0 aliphatic carbocycles. The van der Waals surface area contributed by atoms with Crippen LogP contribution in [0.1, 0.15) is 20.7 Å². The Balaban J connectivity index is 1.64. The molecule has 0 radical (unpaired) electrons. The molecule has 158 valence electrons. The van der Waals surface area contributed by atoms with Gasteiger partial charge >= 0.3 is 5.97 Å². The van der Waals surface area contributed by atoms with Crippen molar-refractivity contribution < 1.29 is 23.9 Å². The summed E-state index contributed by atoms with van der Waals surface area (Å²) in [5.41, 5.74) is 1.20. The number of carbonyl (C=O) groups excluding carboxylic acids is 3. The van der Waals surface area contributed by atoms with Crippen LogP contribution >= 0.6 is 11.6 Å².